The van der Waals surface area contributed by atoms with Gasteiger partial charge in [-0.1, -0.05) is 42.5 Å². The Kier molecular flexibility index (Phi) is 9.43. The largest absolute Gasteiger partial charge is 0.444 e. The van der Waals surface area contributed by atoms with Crippen molar-refractivity contribution in [1.82, 2.24) is 30.4 Å². The molecule has 3 aromatic rings. The molecule has 232 valence electrons. The second-order valence-corrected chi connectivity index (χ2v) is 12.4. The van der Waals surface area contributed by atoms with Crippen molar-refractivity contribution in [1.29, 1.82) is 0 Å². The monoisotopic (exact) mass is 599 g/mol. The molecule has 4 N–H and O–H groups in total. The summed E-state index contributed by atoms with van der Waals surface area (Å²) in [7, 11) is 0. The normalized spacial score (nSPS) is 17.7. The van der Waals surface area contributed by atoms with E-state index in [4.69, 9.17) is 10.5 Å². The molecule has 3 heterocycles. The van der Waals surface area contributed by atoms with Gasteiger partial charge >= 0.3 is 6.09 Å². The van der Waals surface area contributed by atoms with Crippen molar-refractivity contribution in [2.45, 2.75) is 64.3 Å². The molecule has 5 rings (SSSR count). The average molecular weight is 600 g/mol. The second-order valence-electron chi connectivity index (χ2n) is 12.4. The number of benzene rings is 2. The van der Waals surface area contributed by atoms with Crippen LogP contribution in [0.15, 0.2) is 60.8 Å². The summed E-state index contributed by atoms with van der Waals surface area (Å²) in [6.07, 6.45) is 3.79. The van der Waals surface area contributed by atoms with Crippen molar-refractivity contribution >= 4 is 23.7 Å². The fourth-order valence-corrected chi connectivity index (χ4v) is 5.64. The van der Waals surface area contributed by atoms with E-state index in [1.807, 2.05) is 57.2 Å². The van der Waals surface area contributed by atoms with Crippen LogP contribution in [0.3, 0.4) is 0 Å². The Morgan fingerprint density at radius 3 is 2.45 bits per heavy atom. The highest BCUT2D eigenvalue weighted by atomic mass is 16.6. The molecule has 0 unspecified atom stereocenters. The van der Waals surface area contributed by atoms with E-state index in [-0.39, 0.29) is 35.5 Å². The van der Waals surface area contributed by atoms with E-state index in [0.717, 1.165) is 37.9 Å². The summed E-state index contributed by atoms with van der Waals surface area (Å²) in [4.78, 5) is 51.4. The number of nitrogens with zero attached hydrogens (tertiary/aromatic N) is 4. The maximum absolute atomic E-state index is 13.3. The van der Waals surface area contributed by atoms with Crippen LogP contribution in [-0.4, -0.2) is 81.5 Å². The van der Waals surface area contributed by atoms with Crippen LogP contribution in [-0.2, 0) is 11.3 Å². The minimum Gasteiger partial charge on any atom is -0.444 e. The molecular formula is C33H41N7O4. The number of amides is 3. The van der Waals surface area contributed by atoms with Gasteiger partial charge in [0.2, 0.25) is 0 Å². The zero-order valence-electron chi connectivity index (χ0n) is 25.6. The SMILES string of the molecule is CC(C)(C)OC(=O)N1CCC(N2CC[C@H](NC(=O)c3nc(-c4cccc(C(=O)NCc5ccccc5)c4)cnc3N)C2)CC1. The molecule has 11 heteroatoms. The molecule has 11 nitrogen and oxygen atoms in total. The fraction of sp³-hybridized carbons (Fsp3) is 0.424. The predicted molar refractivity (Wildman–Crippen MR) is 168 cm³/mol. The lowest BCUT2D eigenvalue weighted by molar-refractivity contribution is 0.0154. The highest BCUT2D eigenvalue weighted by Gasteiger charge is 2.34. The van der Waals surface area contributed by atoms with E-state index in [0.29, 0.717) is 42.5 Å². The number of nitrogens with two attached hydrogens (primary N) is 1. The zero-order valence-corrected chi connectivity index (χ0v) is 25.6. The van der Waals surface area contributed by atoms with E-state index in [1.54, 1.807) is 23.1 Å². The smallest absolute Gasteiger partial charge is 0.410 e. The number of likely N-dealkylation sites (tertiary alicyclic amines) is 2. The van der Waals surface area contributed by atoms with Gasteiger partial charge in [-0.25, -0.2) is 14.8 Å². The van der Waals surface area contributed by atoms with Crippen LogP contribution >= 0.6 is 0 Å². The lowest BCUT2D eigenvalue weighted by atomic mass is 10.0. The minimum absolute atomic E-state index is 0.0483. The zero-order chi connectivity index (χ0) is 31.3. The van der Waals surface area contributed by atoms with Gasteiger partial charge in [-0.2, -0.15) is 0 Å². The maximum Gasteiger partial charge on any atom is 0.410 e. The van der Waals surface area contributed by atoms with Crippen LogP contribution in [0.2, 0.25) is 0 Å². The average Bonchev–Trinajstić information content (AvgIpc) is 3.48. The van der Waals surface area contributed by atoms with Crippen LogP contribution in [0.1, 0.15) is 66.4 Å². The molecule has 2 aromatic carbocycles. The van der Waals surface area contributed by atoms with Crippen LogP contribution in [0.25, 0.3) is 11.3 Å². The summed E-state index contributed by atoms with van der Waals surface area (Å²) in [6, 6.07) is 17.0. The van der Waals surface area contributed by atoms with Gasteiger partial charge in [0.1, 0.15) is 5.60 Å². The molecule has 1 aromatic heterocycles. The standard InChI is InChI=1S/C33H41N7O4/c1-33(2,3)44-32(43)39-16-13-26(14-17-39)40-15-12-25(21-40)37-31(42)28-29(34)35-20-27(38-28)23-10-7-11-24(18-23)30(41)36-19-22-8-5-4-6-9-22/h4-11,18,20,25-26H,12-17,19,21H2,1-3H3,(H2,34,35)(H,36,41)(H,37,42)/t25-/m0/s1. The molecule has 3 amide bonds. The summed E-state index contributed by atoms with van der Waals surface area (Å²) >= 11 is 0. The van der Waals surface area contributed by atoms with Gasteiger partial charge in [0.05, 0.1) is 11.9 Å². The van der Waals surface area contributed by atoms with Gasteiger partial charge in [0.25, 0.3) is 11.8 Å². The van der Waals surface area contributed by atoms with Crippen LogP contribution in [0.5, 0.6) is 0 Å². The number of nitrogens with one attached hydrogen (secondary N) is 2. The van der Waals surface area contributed by atoms with Crippen molar-refractivity contribution in [2.24, 2.45) is 0 Å². The summed E-state index contributed by atoms with van der Waals surface area (Å²) in [5, 5.41) is 6.02. The van der Waals surface area contributed by atoms with Crippen molar-refractivity contribution in [3.63, 3.8) is 0 Å². The Morgan fingerprint density at radius 1 is 0.977 bits per heavy atom. The molecule has 0 aliphatic carbocycles. The summed E-state index contributed by atoms with van der Waals surface area (Å²) in [6.45, 7) is 8.93. The number of aromatic nitrogens is 2. The first-order valence-electron chi connectivity index (χ1n) is 15.1. The van der Waals surface area contributed by atoms with E-state index >= 15 is 0 Å². The van der Waals surface area contributed by atoms with Crippen molar-refractivity contribution in [3.8, 4) is 11.3 Å². The fourth-order valence-electron chi connectivity index (χ4n) is 5.64. The Bertz CT molecular complexity index is 1480. The van der Waals surface area contributed by atoms with Gasteiger partial charge in [0.15, 0.2) is 11.5 Å². The molecule has 2 aliphatic rings. The van der Waals surface area contributed by atoms with E-state index in [1.165, 1.54) is 6.20 Å². The lowest BCUT2D eigenvalue weighted by Crippen LogP contribution is -2.48. The molecule has 0 radical (unpaired) electrons. The lowest BCUT2D eigenvalue weighted by Gasteiger charge is -2.37. The number of piperidine rings is 1. The third-order valence-electron chi connectivity index (χ3n) is 7.92. The first-order valence-corrected chi connectivity index (χ1v) is 15.1. The van der Waals surface area contributed by atoms with Crippen LogP contribution < -0.4 is 16.4 Å². The number of rotatable bonds is 7. The molecule has 0 bridgehead atoms. The molecule has 2 saturated heterocycles. The molecule has 2 aliphatic heterocycles. The predicted octanol–water partition coefficient (Wildman–Crippen LogP) is 3.86. The second kappa shape index (κ2) is 13.4. The highest BCUT2D eigenvalue weighted by molar-refractivity contribution is 5.97. The van der Waals surface area contributed by atoms with Crippen LogP contribution in [0.4, 0.5) is 10.6 Å². The van der Waals surface area contributed by atoms with Crippen molar-refractivity contribution in [2.75, 3.05) is 31.9 Å². The first kappa shape index (κ1) is 30.9. The van der Waals surface area contributed by atoms with Gasteiger partial charge in [-0.3, -0.25) is 14.5 Å². The molecule has 0 spiro atoms. The summed E-state index contributed by atoms with van der Waals surface area (Å²) < 4.78 is 5.52. The Balaban J connectivity index is 1.16. The molecule has 2 fully saturated rings. The van der Waals surface area contributed by atoms with E-state index < -0.39 is 5.60 Å². The van der Waals surface area contributed by atoms with Gasteiger partial charge in [-0.15, -0.1) is 0 Å². The van der Waals surface area contributed by atoms with Gasteiger partial charge < -0.3 is 26.0 Å². The Morgan fingerprint density at radius 2 is 1.73 bits per heavy atom. The molecule has 44 heavy (non-hydrogen) atoms. The summed E-state index contributed by atoms with van der Waals surface area (Å²) in [5.41, 5.74) is 8.23. The number of ether oxygens (including phenoxy) is 1. The first-order chi connectivity index (χ1) is 21.1. The molecule has 0 saturated carbocycles. The minimum atomic E-state index is -0.509. The number of anilines is 1. The van der Waals surface area contributed by atoms with E-state index in [9.17, 15) is 14.4 Å². The van der Waals surface area contributed by atoms with Crippen molar-refractivity contribution in [3.05, 3.63) is 77.6 Å². The number of nitrogen functional groups attached to an aromatic ring is 1. The van der Waals surface area contributed by atoms with Crippen molar-refractivity contribution < 1.29 is 19.1 Å². The van der Waals surface area contributed by atoms with Crippen LogP contribution in [0, 0.1) is 0 Å². The van der Waals surface area contributed by atoms with Gasteiger partial charge in [0, 0.05) is 55.9 Å². The maximum atomic E-state index is 13.3. The van der Waals surface area contributed by atoms with Gasteiger partial charge in [-0.05, 0) is 57.7 Å². The summed E-state index contributed by atoms with van der Waals surface area (Å²) in [5.74, 6) is -0.536. The molecule has 1 atom stereocenters. The van der Waals surface area contributed by atoms with E-state index in [2.05, 4.69) is 25.5 Å². The highest BCUT2D eigenvalue weighted by Crippen LogP contribution is 2.24. The Hall–Kier alpha value is -4.51. The third kappa shape index (κ3) is 7.90. The number of carbonyl (C=O) groups is 3. The number of carbonyl (C=O) groups excluding carboxylic acids is 3. The number of hydrogen-bond donors (Lipinski definition) is 3. The Labute approximate surface area is 258 Å². The topological polar surface area (TPSA) is 143 Å². The molecular weight excluding hydrogens is 558 g/mol. The quantitative estimate of drug-likeness (QED) is 0.372. The third-order valence-corrected chi connectivity index (χ3v) is 7.92. The number of hydrogen-bond acceptors (Lipinski definition) is 8.